The van der Waals surface area contributed by atoms with Crippen molar-refractivity contribution in [1.29, 1.82) is 0 Å². The van der Waals surface area contributed by atoms with Crippen LogP contribution in [-0.4, -0.2) is 80.5 Å². The molecule has 0 bridgehead atoms. The maximum absolute atomic E-state index is 13.1. The molecular weight excluding hydrogens is 520 g/mol. The van der Waals surface area contributed by atoms with Crippen molar-refractivity contribution in [2.75, 3.05) is 68.0 Å². The van der Waals surface area contributed by atoms with Gasteiger partial charge in [0.05, 0.1) is 13.5 Å². The van der Waals surface area contributed by atoms with E-state index in [1.165, 1.54) is 5.69 Å². The highest BCUT2D eigenvalue weighted by Gasteiger charge is 2.26. The molecule has 0 aliphatic carbocycles. The number of hydrogen-bond acceptors (Lipinski definition) is 7. The van der Waals surface area contributed by atoms with Crippen LogP contribution in [0, 0.1) is 0 Å². The number of pyridine rings is 1. The third kappa shape index (κ3) is 7.20. The highest BCUT2D eigenvalue weighted by atomic mass is 16.5. The number of hydrogen-bond donors (Lipinski definition) is 2. The number of methoxy groups -OCH3 is 1. The number of fused-ring (bicyclic) bond motifs is 1. The van der Waals surface area contributed by atoms with Gasteiger partial charge in [0.25, 0.3) is 0 Å². The highest BCUT2D eigenvalue weighted by Crippen LogP contribution is 2.31. The van der Waals surface area contributed by atoms with Gasteiger partial charge in [-0.25, -0.2) is 0 Å². The maximum Gasteiger partial charge on any atom is 0.313 e. The van der Waals surface area contributed by atoms with E-state index < -0.39 is 11.8 Å². The van der Waals surface area contributed by atoms with Crippen LogP contribution in [0.1, 0.15) is 17.5 Å². The molecule has 3 heterocycles. The number of piperazine rings is 1. The molecule has 41 heavy (non-hydrogen) atoms. The van der Waals surface area contributed by atoms with Gasteiger partial charge >= 0.3 is 11.8 Å². The van der Waals surface area contributed by atoms with Crippen molar-refractivity contribution in [3.05, 3.63) is 78.1 Å². The van der Waals surface area contributed by atoms with Gasteiger partial charge in [-0.15, -0.1) is 0 Å². The van der Waals surface area contributed by atoms with Gasteiger partial charge in [0.2, 0.25) is 5.91 Å². The van der Waals surface area contributed by atoms with E-state index >= 15 is 0 Å². The first kappa shape index (κ1) is 28.1. The summed E-state index contributed by atoms with van der Waals surface area (Å²) in [7, 11) is 1.60. The van der Waals surface area contributed by atoms with Gasteiger partial charge < -0.3 is 25.2 Å². The van der Waals surface area contributed by atoms with E-state index in [0.29, 0.717) is 24.5 Å². The minimum atomic E-state index is -0.719. The number of benzene rings is 2. The lowest BCUT2D eigenvalue weighted by Gasteiger charge is -2.36. The average molecular weight is 557 g/mol. The first-order valence-electron chi connectivity index (χ1n) is 14.0. The zero-order valence-corrected chi connectivity index (χ0v) is 23.3. The van der Waals surface area contributed by atoms with Gasteiger partial charge in [-0.2, -0.15) is 0 Å². The number of rotatable bonds is 9. The molecule has 0 unspecified atom stereocenters. The van der Waals surface area contributed by atoms with E-state index in [4.69, 9.17) is 4.74 Å². The van der Waals surface area contributed by atoms with Crippen LogP contribution in [-0.2, 0) is 27.2 Å². The number of nitrogens with one attached hydrogen (secondary N) is 2. The van der Waals surface area contributed by atoms with Crippen molar-refractivity contribution in [3.63, 3.8) is 0 Å². The molecule has 2 aliphatic heterocycles. The first-order chi connectivity index (χ1) is 20.0. The number of aromatic nitrogens is 1. The van der Waals surface area contributed by atoms with E-state index in [1.807, 2.05) is 54.9 Å². The van der Waals surface area contributed by atoms with Crippen LogP contribution >= 0.6 is 0 Å². The Morgan fingerprint density at radius 2 is 1.73 bits per heavy atom. The molecule has 1 saturated heterocycles. The third-order valence-electron chi connectivity index (χ3n) is 7.57. The predicted octanol–water partition coefficient (Wildman–Crippen LogP) is 2.49. The molecule has 2 aromatic carbocycles. The van der Waals surface area contributed by atoms with Gasteiger partial charge in [-0.1, -0.05) is 18.2 Å². The molecule has 3 amide bonds. The fourth-order valence-electron chi connectivity index (χ4n) is 5.33. The summed E-state index contributed by atoms with van der Waals surface area (Å²) in [6.07, 6.45) is 5.37. The normalized spacial score (nSPS) is 14.9. The van der Waals surface area contributed by atoms with Gasteiger partial charge in [0.1, 0.15) is 5.75 Å². The minimum absolute atomic E-state index is 0.0306. The quantitative estimate of drug-likeness (QED) is 0.308. The predicted molar refractivity (Wildman–Crippen MR) is 158 cm³/mol. The van der Waals surface area contributed by atoms with E-state index in [-0.39, 0.29) is 12.3 Å². The van der Waals surface area contributed by atoms with Gasteiger partial charge in [0.15, 0.2) is 0 Å². The van der Waals surface area contributed by atoms with Crippen LogP contribution in [0.2, 0.25) is 0 Å². The summed E-state index contributed by atoms with van der Waals surface area (Å²) in [6, 6.07) is 17.0. The van der Waals surface area contributed by atoms with Crippen molar-refractivity contribution in [1.82, 2.24) is 15.2 Å². The monoisotopic (exact) mass is 556 g/mol. The van der Waals surface area contributed by atoms with Crippen LogP contribution in [0.25, 0.3) is 0 Å². The van der Waals surface area contributed by atoms with E-state index in [9.17, 15) is 14.4 Å². The molecule has 10 nitrogen and oxygen atoms in total. The fourth-order valence-corrected chi connectivity index (χ4v) is 5.33. The molecule has 10 heteroatoms. The topological polar surface area (TPSA) is 107 Å². The second-order valence-electron chi connectivity index (χ2n) is 10.3. The van der Waals surface area contributed by atoms with Crippen LogP contribution in [0.15, 0.2) is 67.0 Å². The van der Waals surface area contributed by atoms with Crippen LogP contribution in [0.5, 0.6) is 5.75 Å². The lowest BCUT2D eigenvalue weighted by Crippen LogP contribution is -2.47. The molecule has 214 valence electrons. The van der Waals surface area contributed by atoms with Crippen LogP contribution in [0.3, 0.4) is 0 Å². The highest BCUT2D eigenvalue weighted by molar-refractivity contribution is 6.39. The van der Waals surface area contributed by atoms with E-state index in [1.54, 1.807) is 24.1 Å². The average Bonchev–Trinajstić information content (AvgIpc) is 3.43. The smallest absolute Gasteiger partial charge is 0.313 e. The molecule has 0 spiro atoms. The number of anilines is 3. The Kier molecular flexibility index (Phi) is 9.10. The summed E-state index contributed by atoms with van der Waals surface area (Å²) in [4.78, 5) is 48.6. The molecule has 2 aliphatic rings. The lowest BCUT2D eigenvalue weighted by atomic mass is 10.1. The summed E-state index contributed by atoms with van der Waals surface area (Å²) in [5, 5.41) is 5.40. The lowest BCUT2D eigenvalue weighted by molar-refractivity contribution is -0.136. The summed E-state index contributed by atoms with van der Waals surface area (Å²) in [6.45, 7) is 5.66. The number of ether oxygens (including phenoxy) is 1. The molecule has 3 aromatic rings. The molecule has 0 atom stereocenters. The Balaban J connectivity index is 1.06. The molecule has 1 fully saturated rings. The molecular formula is C31H36N6O4. The molecule has 1 aromatic heterocycles. The van der Waals surface area contributed by atoms with Gasteiger partial charge in [-0.3, -0.25) is 24.3 Å². The second kappa shape index (κ2) is 13.3. The number of carbonyl (C=O) groups is 3. The van der Waals surface area contributed by atoms with Crippen molar-refractivity contribution in [2.45, 2.75) is 19.3 Å². The Hall–Kier alpha value is -4.44. The Morgan fingerprint density at radius 1 is 0.927 bits per heavy atom. The van der Waals surface area contributed by atoms with Crippen LogP contribution < -0.4 is 25.2 Å². The standard InChI is InChI=1S/C31H36N6O4/c1-41-27-5-2-4-23(20-27)21-29(38)37-15-10-24-6-7-25(22-28(24)37)34-31(40)30(39)33-11-3-14-35-16-18-36(19-17-35)26-8-12-32-13-9-26/h2,4-9,12-13,20,22H,3,10-11,14-19,21H2,1H3,(H,33,39)(H,34,40). The number of amides is 3. The maximum atomic E-state index is 13.1. The zero-order valence-electron chi connectivity index (χ0n) is 23.3. The SMILES string of the molecule is COc1cccc(CC(=O)N2CCc3ccc(NC(=O)C(=O)NCCCN4CCN(c5ccncc5)CC4)cc32)c1. The molecule has 5 rings (SSSR count). The Labute approximate surface area is 240 Å². The zero-order chi connectivity index (χ0) is 28.6. The van der Waals surface area contributed by atoms with E-state index in [0.717, 1.165) is 62.4 Å². The summed E-state index contributed by atoms with van der Waals surface area (Å²) < 4.78 is 5.26. The van der Waals surface area contributed by atoms with Gasteiger partial charge in [-0.05, 0) is 66.9 Å². The summed E-state index contributed by atoms with van der Waals surface area (Å²) >= 11 is 0. The summed E-state index contributed by atoms with van der Waals surface area (Å²) in [5.41, 5.74) is 4.34. The number of carbonyl (C=O) groups excluding carboxylic acids is 3. The van der Waals surface area contributed by atoms with Crippen molar-refractivity contribution < 1.29 is 19.1 Å². The van der Waals surface area contributed by atoms with Crippen molar-refractivity contribution in [3.8, 4) is 5.75 Å². The molecule has 0 radical (unpaired) electrons. The second-order valence-corrected chi connectivity index (χ2v) is 10.3. The minimum Gasteiger partial charge on any atom is -0.497 e. The summed E-state index contributed by atoms with van der Waals surface area (Å²) in [5.74, 6) is -0.709. The largest absolute Gasteiger partial charge is 0.497 e. The molecule has 0 saturated carbocycles. The van der Waals surface area contributed by atoms with Gasteiger partial charge in [0, 0.05) is 68.7 Å². The Bertz CT molecular complexity index is 1370. The van der Waals surface area contributed by atoms with Crippen molar-refractivity contribution in [2.24, 2.45) is 0 Å². The van der Waals surface area contributed by atoms with E-state index in [2.05, 4.69) is 25.4 Å². The Morgan fingerprint density at radius 3 is 2.51 bits per heavy atom. The molecule has 2 N–H and O–H groups in total. The van der Waals surface area contributed by atoms with Crippen LogP contribution in [0.4, 0.5) is 17.1 Å². The fraction of sp³-hybridized carbons (Fsp3) is 0.355. The number of nitrogens with zero attached hydrogens (tertiary/aromatic N) is 4. The third-order valence-corrected chi connectivity index (χ3v) is 7.57. The van der Waals surface area contributed by atoms with Crippen molar-refractivity contribution >= 4 is 34.8 Å². The first-order valence-corrected chi connectivity index (χ1v) is 14.0.